The first-order chi connectivity index (χ1) is 7.61. The highest BCUT2D eigenvalue weighted by Crippen LogP contribution is 2.25. The molecule has 3 nitrogen and oxygen atoms in total. The molecule has 1 rings (SSSR count). The molecule has 0 spiro atoms. The van der Waals surface area contributed by atoms with Crippen molar-refractivity contribution in [1.29, 1.82) is 0 Å². The zero-order valence-corrected chi connectivity index (χ0v) is 10.7. The van der Waals surface area contributed by atoms with E-state index in [4.69, 9.17) is 5.73 Å². The van der Waals surface area contributed by atoms with Gasteiger partial charge in [0, 0.05) is 19.0 Å². The van der Waals surface area contributed by atoms with E-state index in [1.165, 1.54) is 12.8 Å². The van der Waals surface area contributed by atoms with Gasteiger partial charge in [0.2, 0.25) is 5.91 Å². The largest absolute Gasteiger partial charge is 0.356 e. The third kappa shape index (κ3) is 4.97. The second kappa shape index (κ2) is 6.89. The minimum absolute atomic E-state index is 0.208. The molecule has 0 heterocycles. The summed E-state index contributed by atoms with van der Waals surface area (Å²) in [6.45, 7) is 5.13. The number of rotatable bonds is 5. The molecule has 94 valence electrons. The third-order valence-corrected chi connectivity index (χ3v) is 3.64. The van der Waals surface area contributed by atoms with E-state index in [0.717, 1.165) is 25.8 Å². The maximum absolute atomic E-state index is 11.7. The van der Waals surface area contributed by atoms with E-state index in [2.05, 4.69) is 19.2 Å². The molecule has 3 atom stereocenters. The molecule has 1 fully saturated rings. The molecule has 1 amide bonds. The second-order valence-corrected chi connectivity index (χ2v) is 5.31. The summed E-state index contributed by atoms with van der Waals surface area (Å²) in [5.41, 5.74) is 5.91. The number of hydrogen-bond acceptors (Lipinski definition) is 2. The molecule has 0 radical (unpaired) electrons. The Morgan fingerprint density at radius 3 is 2.88 bits per heavy atom. The van der Waals surface area contributed by atoms with Crippen LogP contribution in [0.4, 0.5) is 0 Å². The average Bonchev–Trinajstić information content (AvgIpc) is 2.26. The minimum Gasteiger partial charge on any atom is -0.356 e. The maximum Gasteiger partial charge on any atom is 0.220 e. The van der Waals surface area contributed by atoms with Crippen molar-refractivity contribution in [2.45, 2.75) is 58.4 Å². The average molecular weight is 226 g/mol. The van der Waals surface area contributed by atoms with E-state index in [1.807, 2.05) is 0 Å². The Labute approximate surface area is 99.2 Å². The van der Waals surface area contributed by atoms with E-state index in [9.17, 15) is 4.79 Å². The molecule has 3 N–H and O–H groups in total. The molecule has 0 aliphatic heterocycles. The fourth-order valence-electron chi connectivity index (χ4n) is 2.28. The SMILES string of the molecule is CCC(C)CNC(=O)CC1CCCC(N)C1. The van der Waals surface area contributed by atoms with Gasteiger partial charge < -0.3 is 11.1 Å². The van der Waals surface area contributed by atoms with Crippen LogP contribution in [0.2, 0.25) is 0 Å². The maximum atomic E-state index is 11.7. The summed E-state index contributed by atoms with van der Waals surface area (Å²) in [6.07, 6.45) is 6.30. The predicted molar refractivity (Wildman–Crippen MR) is 67.0 cm³/mol. The Hall–Kier alpha value is -0.570. The zero-order valence-electron chi connectivity index (χ0n) is 10.7. The highest BCUT2D eigenvalue weighted by Gasteiger charge is 2.21. The Balaban J connectivity index is 2.18. The monoisotopic (exact) mass is 226 g/mol. The molecule has 3 unspecified atom stereocenters. The number of carbonyl (C=O) groups is 1. The minimum atomic E-state index is 0.208. The van der Waals surface area contributed by atoms with Gasteiger partial charge in [-0.25, -0.2) is 0 Å². The van der Waals surface area contributed by atoms with Gasteiger partial charge in [-0.1, -0.05) is 26.7 Å². The van der Waals surface area contributed by atoms with Crippen LogP contribution in [0.15, 0.2) is 0 Å². The van der Waals surface area contributed by atoms with E-state index < -0.39 is 0 Å². The third-order valence-electron chi connectivity index (χ3n) is 3.64. The Morgan fingerprint density at radius 2 is 2.25 bits per heavy atom. The van der Waals surface area contributed by atoms with Gasteiger partial charge in [-0.05, 0) is 31.1 Å². The summed E-state index contributed by atoms with van der Waals surface area (Å²) < 4.78 is 0. The van der Waals surface area contributed by atoms with Crippen LogP contribution in [0.1, 0.15) is 52.4 Å². The van der Waals surface area contributed by atoms with E-state index in [0.29, 0.717) is 24.3 Å². The summed E-state index contributed by atoms with van der Waals surface area (Å²) in [6, 6.07) is 0.320. The summed E-state index contributed by atoms with van der Waals surface area (Å²) in [7, 11) is 0. The van der Waals surface area contributed by atoms with Crippen molar-refractivity contribution in [2.75, 3.05) is 6.54 Å². The standard InChI is InChI=1S/C13H26N2O/c1-3-10(2)9-15-13(16)8-11-5-4-6-12(14)7-11/h10-12H,3-9,14H2,1-2H3,(H,15,16). The normalized spacial score (nSPS) is 27.4. The van der Waals surface area contributed by atoms with Crippen molar-refractivity contribution in [1.82, 2.24) is 5.32 Å². The van der Waals surface area contributed by atoms with E-state index in [-0.39, 0.29) is 5.91 Å². The van der Waals surface area contributed by atoms with Crippen LogP contribution < -0.4 is 11.1 Å². The molecular weight excluding hydrogens is 200 g/mol. The molecule has 1 aliphatic rings. The number of carbonyl (C=O) groups excluding carboxylic acids is 1. The van der Waals surface area contributed by atoms with Crippen molar-refractivity contribution in [2.24, 2.45) is 17.6 Å². The molecule has 1 saturated carbocycles. The number of amides is 1. The summed E-state index contributed by atoms with van der Waals surface area (Å²) >= 11 is 0. The summed E-state index contributed by atoms with van der Waals surface area (Å²) in [4.78, 5) is 11.7. The van der Waals surface area contributed by atoms with Crippen LogP contribution >= 0.6 is 0 Å². The van der Waals surface area contributed by atoms with Crippen molar-refractivity contribution in [3.05, 3.63) is 0 Å². The molecule has 0 aromatic heterocycles. The predicted octanol–water partition coefficient (Wildman–Crippen LogP) is 2.06. The van der Waals surface area contributed by atoms with Crippen LogP contribution in [0.3, 0.4) is 0 Å². The fourth-order valence-corrected chi connectivity index (χ4v) is 2.28. The van der Waals surface area contributed by atoms with Crippen molar-refractivity contribution < 1.29 is 4.79 Å². The molecule has 1 aliphatic carbocycles. The first kappa shape index (κ1) is 13.5. The molecule has 16 heavy (non-hydrogen) atoms. The van der Waals surface area contributed by atoms with Gasteiger partial charge in [-0.15, -0.1) is 0 Å². The quantitative estimate of drug-likeness (QED) is 0.754. The first-order valence-corrected chi connectivity index (χ1v) is 6.64. The number of hydrogen-bond donors (Lipinski definition) is 2. The van der Waals surface area contributed by atoms with Crippen LogP contribution in [-0.2, 0) is 4.79 Å². The van der Waals surface area contributed by atoms with Gasteiger partial charge in [-0.2, -0.15) is 0 Å². The molecule has 0 aromatic carbocycles. The molecular formula is C13H26N2O. The van der Waals surface area contributed by atoms with Crippen LogP contribution in [0.5, 0.6) is 0 Å². The van der Waals surface area contributed by atoms with E-state index >= 15 is 0 Å². The lowest BCUT2D eigenvalue weighted by Crippen LogP contribution is -2.33. The first-order valence-electron chi connectivity index (χ1n) is 6.64. The Bertz CT molecular complexity index is 218. The van der Waals surface area contributed by atoms with Crippen molar-refractivity contribution >= 4 is 5.91 Å². The van der Waals surface area contributed by atoms with Crippen LogP contribution in [0.25, 0.3) is 0 Å². The lowest BCUT2D eigenvalue weighted by Gasteiger charge is -2.26. The van der Waals surface area contributed by atoms with Crippen molar-refractivity contribution in [3.63, 3.8) is 0 Å². The highest BCUT2D eigenvalue weighted by molar-refractivity contribution is 5.76. The van der Waals surface area contributed by atoms with Gasteiger partial charge in [0.1, 0.15) is 0 Å². The van der Waals surface area contributed by atoms with Gasteiger partial charge in [0.15, 0.2) is 0 Å². The van der Waals surface area contributed by atoms with Gasteiger partial charge >= 0.3 is 0 Å². The molecule has 0 aromatic rings. The second-order valence-electron chi connectivity index (χ2n) is 5.31. The van der Waals surface area contributed by atoms with Crippen LogP contribution in [-0.4, -0.2) is 18.5 Å². The number of nitrogens with one attached hydrogen (secondary N) is 1. The number of nitrogens with two attached hydrogens (primary N) is 1. The summed E-state index contributed by atoms with van der Waals surface area (Å²) in [5.74, 6) is 1.30. The topological polar surface area (TPSA) is 55.1 Å². The van der Waals surface area contributed by atoms with Gasteiger partial charge in [0.05, 0.1) is 0 Å². The molecule has 3 heteroatoms. The molecule has 0 bridgehead atoms. The van der Waals surface area contributed by atoms with Crippen molar-refractivity contribution in [3.8, 4) is 0 Å². The fraction of sp³-hybridized carbons (Fsp3) is 0.923. The Morgan fingerprint density at radius 1 is 1.50 bits per heavy atom. The smallest absolute Gasteiger partial charge is 0.220 e. The van der Waals surface area contributed by atoms with Gasteiger partial charge in [-0.3, -0.25) is 4.79 Å². The highest BCUT2D eigenvalue weighted by atomic mass is 16.1. The molecule has 0 saturated heterocycles. The van der Waals surface area contributed by atoms with E-state index in [1.54, 1.807) is 0 Å². The lowest BCUT2D eigenvalue weighted by molar-refractivity contribution is -0.122. The lowest BCUT2D eigenvalue weighted by atomic mass is 9.84. The zero-order chi connectivity index (χ0) is 12.0. The summed E-state index contributed by atoms with van der Waals surface area (Å²) in [5, 5.41) is 3.02. The van der Waals surface area contributed by atoms with Gasteiger partial charge in [0.25, 0.3) is 0 Å². The Kier molecular flexibility index (Phi) is 5.81. The van der Waals surface area contributed by atoms with Crippen LogP contribution in [0, 0.1) is 11.8 Å².